The highest BCUT2D eigenvalue weighted by atomic mass is 32.1. The van der Waals surface area contributed by atoms with Crippen molar-refractivity contribution in [2.45, 2.75) is 64.5 Å². The number of nitrogens with zero attached hydrogens (tertiary/aromatic N) is 1. The third-order valence-corrected chi connectivity index (χ3v) is 7.93. The van der Waals surface area contributed by atoms with E-state index in [2.05, 4.69) is 67.4 Å². The number of benzene rings is 1. The van der Waals surface area contributed by atoms with E-state index in [9.17, 15) is 0 Å². The molecule has 146 valence electrons. The SMILES string of the molecule is Cc1ccc(C(C)(C)N2CCC(CCc3cccs3)(C3CCCO3)C2)cc1. The van der Waals surface area contributed by atoms with Crippen LogP contribution in [0.3, 0.4) is 0 Å². The molecule has 2 saturated heterocycles. The molecular formula is C24H33NOS. The molecule has 0 saturated carbocycles. The highest BCUT2D eigenvalue weighted by Gasteiger charge is 2.49. The van der Waals surface area contributed by atoms with Gasteiger partial charge in [-0.25, -0.2) is 0 Å². The summed E-state index contributed by atoms with van der Waals surface area (Å²) in [4.78, 5) is 4.23. The third-order valence-electron chi connectivity index (χ3n) is 7.00. The molecule has 2 aliphatic heterocycles. The topological polar surface area (TPSA) is 12.5 Å². The van der Waals surface area contributed by atoms with Crippen LogP contribution >= 0.6 is 11.3 Å². The molecule has 0 spiro atoms. The average Bonchev–Trinajstić information content (AvgIpc) is 3.41. The van der Waals surface area contributed by atoms with Gasteiger partial charge >= 0.3 is 0 Å². The molecule has 1 aromatic heterocycles. The zero-order valence-electron chi connectivity index (χ0n) is 17.0. The van der Waals surface area contributed by atoms with Gasteiger partial charge in [0.05, 0.1) is 6.10 Å². The average molecular weight is 384 g/mol. The number of likely N-dealkylation sites (tertiary alicyclic amines) is 1. The smallest absolute Gasteiger partial charge is 0.0645 e. The first kappa shape index (κ1) is 19.2. The number of ether oxygens (including phenoxy) is 1. The lowest BCUT2D eigenvalue weighted by molar-refractivity contribution is -0.00821. The monoisotopic (exact) mass is 383 g/mol. The fourth-order valence-corrected chi connectivity index (χ4v) is 5.74. The van der Waals surface area contributed by atoms with Gasteiger partial charge in [0.15, 0.2) is 0 Å². The predicted octanol–water partition coefficient (Wildman–Crippen LogP) is 5.80. The van der Waals surface area contributed by atoms with Gasteiger partial charge in [-0.05, 0) is 76.4 Å². The van der Waals surface area contributed by atoms with Crippen molar-refractivity contribution in [1.29, 1.82) is 0 Å². The van der Waals surface area contributed by atoms with Gasteiger partial charge in [0.25, 0.3) is 0 Å². The van der Waals surface area contributed by atoms with Crippen molar-refractivity contribution in [1.82, 2.24) is 4.90 Å². The lowest BCUT2D eigenvalue weighted by atomic mass is 9.75. The van der Waals surface area contributed by atoms with E-state index < -0.39 is 0 Å². The van der Waals surface area contributed by atoms with Crippen LogP contribution in [0.25, 0.3) is 0 Å². The Bertz CT molecular complexity index is 730. The van der Waals surface area contributed by atoms with Gasteiger partial charge in [-0.15, -0.1) is 11.3 Å². The van der Waals surface area contributed by atoms with Gasteiger partial charge in [-0.3, -0.25) is 4.90 Å². The lowest BCUT2D eigenvalue weighted by Gasteiger charge is -2.40. The molecule has 2 aliphatic rings. The summed E-state index contributed by atoms with van der Waals surface area (Å²) in [6.07, 6.45) is 6.61. The highest BCUT2D eigenvalue weighted by Crippen LogP contribution is 2.47. The molecule has 3 heteroatoms. The lowest BCUT2D eigenvalue weighted by Crippen LogP contribution is -2.44. The van der Waals surface area contributed by atoms with Crippen molar-refractivity contribution in [3.8, 4) is 0 Å². The molecule has 27 heavy (non-hydrogen) atoms. The highest BCUT2D eigenvalue weighted by molar-refractivity contribution is 7.09. The van der Waals surface area contributed by atoms with Crippen molar-refractivity contribution >= 4 is 11.3 Å². The van der Waals surface area contributed by atoms with Crippen LogP contribution in [0.4, 0.5) is 0 Å². The maximum atomic E-state index is 6.27. The largest absolute Gasteiger partial charge is 0.378 e. The van der Waals surface area contributed by atoms with Crippen molar-refractivity contribution in [3.05, 3.63) is 57.8 Å². The van der Waals surface area contributed by atoms with Crippen LogP contribution in [-0.4, -0.2) is 30.7 Å². The molecule has 0 amide bonds. The summed E-state index contributed by atoms with van der Waals surface area (Å²) in [5, 5.41) is 2.20. The summed E-state index contributed by atoms with van der Waals surface area (Å²) in [5.74, 6) is 0. The Morgan fingerprint density at radius 1 is 1.22 bits per heavy atom. The van der Waals surface area contributed by atoms with Gasteiger partial charge in [-0.2, -0.15) is 0 Å². The number of rotatable bonds is 6. The summed E-state index contributed by atoms with van der Waals surface area (Å²) in [5.41, 5.74) is 3.13. The second-order valence-corrected chi connectivity index (χ2v) is 10.1. The second-order valence-electron chi connectivity index (χ2n) is 9.04. The minimum atomic E-state index is 0.0665. The Morgan fingerprint density at radius 2 is 2.04 bits per heavy atom. The number of aryl methyl sites for hydroxylation is 2. The van der Waals surface area contributed by atoms with Gasteiger partial charge in [-0.1, -0.05) is 35.9 Å². The number of hydrogen-bond donors (Lipinski definition) is 0. The van der Waals surface area contributed by atoms with Crippen molar-refractivity contribution < 1.29 is 4.74 Å². The molecule has 1 aromatic carbocycles. The van der Waals surface area contributed by atoms with Crippen molar-refractivity contribution in [3.63, 3.8) is 0 Å². The fourth-order valence-electron chi connectivity index (χ4n) is 5.03. The number of thiophene rings is 1. The molecule has 2 aromatic rings. The summed E-state index contributed by atoms with van der Waals surface area (Å²) in [6, 6.07) is 13.6. The van der Waals surface area contributed by atoms with Crippen LogP contribution in [0.2, 0.25) is 0 Å². The van der Waals surface area contributed by atoms with Gasteiger partial charge in [0.1, 0.15) is 0 Å². The second kappa shape index (κ2) is 7.69. The van der Waals surface area contributed by atoms with Crippen LogP contribution in [0.5, 0.6) is 0 Å². The Morgan fingerprint density at radius 3 is 2.70 bits per heavy atom. The maximum absolute atomic E-state index is 6.27. The summed E-state index contributed by atoms with van der Waals surface area (Å²) in [7, 11) is 0. The van der Waals surface area contributed by atoms with Crippen LogP contribution in [0.15, 0.2) is 41.8 Å². The van der Waals surface area contributed by atoms with Crippen LogP contribution < -0.4 is 0 Å². The van der Waals surface area contributed by atoms with Crippen molar-refractivity contribution in [2.24, 2.45) is 5.41 Å². The molecule has 0 bridgehead atoms. The fraction of sp³-hybridized carbons (Fsp3) is 0.583. The molecule has 0 radical (unpaired) electrons. The first-order valence-corrected chi connectivity index (χ1v) is 11.3. The van der Waals surface area contributed by atoms with E-state index in [-0.39, 0.29) is 5.54 Å². The molecular weight excluding hydrogens is 350 g/mol. The zero-order chi connectivity index (χ0) is 18.9. The standard InChI is InChI=1S/C24H33NOS/c1-19-8-10-20(11-9-19)23(2,3)25-15-14-24(18-25,22-7-4-16-26-22)13-12-21-6-5-17-27-21/h5-6,8-11,17,22H,4,7,12-16,18H2,1-3H3. The Balaban J connectivity index is 1.54. The van der Waals surface area contributed by atoms with E-state index in [1.807, 2.05) is 11.3 Å². The maximum Gasteiger partial charge on any atom is 0.0645 e. The van der Waals surface area contributed by atoms with Gasteiger partial charge < -0.3 is 4.74 Å². The predicted molar refractivity (Wildman–Crippen MR) is 114 cm³/mol. The minimum Gasteiger partial charge on any atom is -0.378 e. The van der Waals surface area contributed by atoms with E-state index >= 15 is 0 Å². The van der Waals surface area contributed by atoms with E-state index in [0.717, 1.165) is 13.2 Å². The van der Waals surface area contributed by atoms with E-state index in [1.165, 1.54) is 54.7 Å². The Kier molecular flexibility index (Phi) is 5.46. The summed E-state index contributed by atoms with van der Waals surface area (Å²) in [6.45, 7) is 10.2. The summed E-state index contributed by atoms with van der Waals surface area (Å²) < 4.78 is 6.27. The normalized spacial score (nSPS) is 26.7. The van der Waals surface area contributed by atoms with Crippen molar-refractivity contribution in [2.75, 3.05) is 19.7 Å². The molecule has 2 unspecified atom stereocenters. The van der Waals surface area contributed by atoms with E-state index in [0.29, 0.717) is 11.5 Å². The molecule has 2 atom stereocenters. The van der Waals surface area contributed by atoms with E-state index in [1.54, 1.807) is 0 Å². The van der Waals surface area contributed by atoms with Crippen LogP contribution in [-0.2, 0) is 16.7 Å². The molecule has 4 rings (SSSR count). The van der Waals surface area contributed by atoms with Crippen LogP contribution in [0, 0.1) is 12.3 Å². The Labute approximate surface area is 168 Å². The van der Waals surface area contributed by atoms with Crippen LogP contribution in [0.1, 0.15) is 55.5 Å². The minimum absolute atomic E-state index is 0.0665. The molecule has 2 fully saturated rings. The molecule has 0 N–H and O–H groups in total. The first-order valence-electron chi connectivity index (χ1n) is 10.5. The van der Waals surface area contributed by atoms with Gasteiger partial charge in [0.2, 0.25) is 0 Å². The number of hydrogen-bond acceptors (Lipinski definition) is 3. The molecule has 3 heterocycles. The third kappa shape index (κ3) is 3.87. The van der Waals surface area contributed by atoms with E-state index in [4.69, 9.17) is 4.74 Å². The quantitative estimate of drug-likeness (QED) is 0.625. The molecule has 0 aliphatic carbocycles. The van der Waals surface area contributed by atoms with Gasteiger partial charge in [0, 0.05) is 29.0 Å². The molecule has 2 nitrogen and oxygen atoms in total. The zero-order valence-corrected chi connectivity index (χ0v) is 17.9. The Hall–Kier alpha value is -1.16. The first-order chi connectivity index (χ1) is 13.0. The summed E-state index contributed by atoms with van der Waals surface area (Å²) >= 11 is 1.90.